The van der Waals surface area contributed by atoms with Crippen LogP contribution >= 0.6 is 0 Å². The summed E-state index contributed by atoms with van der Waals surface area (Å²) in [6, 6.07) is 14.9. The number of benzene rings is 2. The van der Waals surface area contributed by atoms with Crippen LogP contribution in [0.2, 0.25) is 0 Å². The van der Waals surface area contributed by atoms with E-state index in [1.165, 1.54) is 5.56 Å². The van der Waals surface area contributed by atoms with Gasteiger partial charge in [-0.15, -0.1) is 0 Å². The van der Waals surface area contributed by atoms with E-state index in [1.807, 2.05) is 24.3 Å². The molecule has 1 atom stereocenters. The van der Waals surface area contributed by atoms with Gasteiger partial charge in [-0.2, -0.15) is 0 Å². The van der Waals surface area contributed by atoms with Gasteiger partial charge in [-0.25, -0.2) is 4.79 Å². The summed E-state index contributed by atoms with van der Waals surface area (Å²) in [5.74, 6) is 0.580. The van der Waals surface area contributed by atoms with Crippen LogP contribution in [-0.4, -0.2) is 24.3 Å². The molecule has 0 saturated heterocycles. The fraction of sp³-hybridized carbons (Fsp3) is 0.316. The number of ether oxygens (including phenoxy) is 2. The maximum atomic E-state index is 11.5. The van der Waals surface area contributed by atoms with Gasteiger partial charge in [-0.1, -0.05) is 44.2 Å². The Hall–Kier alpha value is -2.49. The van der Waals surface area contributed by atoms with Gasteiger partial charge in [0.15, 0.2) is 6.10 Å². The Balaban J connectivity index is 2.10. The first-order valence-electron chi connectivity index (χ1n) is 7.62. The molecule has 0 aliphatic carbocycles. The second kappa shape index (κ2) is 7.68. The highest BCUT2D eigenvalue weighted by atomic mass is 16.5. The molecule has 4 heteroatoms. The smallest absolute Gasteiger partial charge is 0.345 e. The van der Waals surface area contributed by atoms with E-state index in [1.54, 1.807) is 31.4 Å². The predicted molar refractivity (Wildman–Crippen MR) is 89.3 cm³/mol. The van der Waals surface area contributed by atoms with E-state index < -0.39 is 12.1 Å². The SMILES string of the molecule is COc1cccc(O[C@H](Cc2ccc(C(C)C)cc2)C(=O)O)c1. The molecule has 1 N–H and O–H groups in total. The van der Waals surface area contributed by atoms with E-state index in [4.69, 9.17) is 9.47 Å². The lowest BCUT2D eigenvalue weighted by molar-refractivity contribution is -0.145. The predicted octanol–water partition coefficient (Wildman–Crippen LogP) is 3.89. The number of rotatable bonds is 7. The first kappa shape index (κ1) is 16.9. The summed E-state index contributed by atoms with van der Waals surface area (Å²) in [5.41, 5.74) is 2.17. The fourth-order valence-corrected chi connectivity index (χ4v) is 2.27. The van der Waals surface area contributed by atoms with Gasteiger partial charge in [-0.05, 0) is 29.2 Å². The van der Waals surface area contributed by atoms with Crippen molar-refractivity contribution in [2.24, 2.45) is 0 Å². The van der Waals surface area contributed by atoms with Crippen molar-refractivity contribution < 1.29 is 19.4 Å². The molecule has 2 aromatic carbocycles. The normalized spacial score (nSPS) is 12.0. The Bertz CT molecular complexity index is 647. The summed E-state index contributed by atoms with van der Waals surface area (Å²) in [6.45, 7) is 4.25. The third kappa shape index (κ3) is 4.74. The average molecular weight is 314 g/mol. The van der Waals surface area contributed by atoms with Gasteiger partial charge in [-0.3, -0.25) is 0 Å². The van der Waals surface area contributed by atoms with Crippen molar-refractivity contribution in [1.82, 2.24) is 0 Å². The topological polar surface area (TPSA) is 55.8 Å². The lowest BCUT2D eigenvalue weighted by Gasteiger charge is -2.16. The lowest BCUT2D eigenvalue weighted by atomic mass is 10.00. The monoisotopic (exact) mass is 314 g/mol. The standard InChI is InChI=1S/C19H22O4/c1-13(2)15-9-7-14(8-10-15)11-18(19(20)21)23-17-6-4-5-16(12-17)22-3/h4-10,12-13,18H,11H2,1-3H3,(H,20,21)/t18-/m1/s1. The van der Waals surface area contributed by atoms with Crippen molar-refractivity contribution in [3.63, 3.8) is 0 Å². The highest BCUT2D eigenvalue weighted by molar-refractivity contribution is 5.73. The lowest BCUT2D eigenvalue weighted by Crippen LogP contribution is -2.29. The Morgan fingerprint density at radius 2 is 1.74 bits per heavy atom. The molecule has 0 saturated carbocycles. The van der Waals surface area contributed by atoms with Crippen molar-refractivity contribution in [3.8, 4) is 11.5 Å². The average Bonchev–Trinajstić information content (AvgIpc) is 2.54. The van der Waals surface area contributed by atoms with E-state index >= 15 is 0 Å². The molecule has 0 amide bonds. The van der Waals surface area contributed by atoms with Crippen LogP contribution in [0.25, 0.3) is 0 Å². The molecule has 23 heavy (non-hydrogen) atoms. The molecule has 0 aliphatic rings. The zero-order valence-electron chi connectivity index (χ0n) is 13.7. The summed E-state index contributed by atoms with van der Waals surface area (Å²) >= 11 is 0. The molecule has 2 rings (SSSR count). The van der Waals surface area contributed by atoms with E-state index in [0.29, 0.717) is 23.8 Å². The number of hydrogen-bond acceptors (Lipinski definition) is 3. The fourth-order valence-electron chi connectivity index (χ4n) is 2.27. The molecule has 0 spiro atoms. The van der Waals surface area contributed by atoms with Crippen molar-refractivity contribution >= 4 is 5.97 Å². The summed E-state index contributed by atoms with van der Waals surface area (Å²) in [7, 11) is 1.56. The van der Waals surface area contributed by atoms with Gasteiger partial charge in [0.1, 0.15) is 11.5 Å². The summed E-state index contributed by atoms with van der Waals surface area (Å²) < 4.78 is 10.7. The zero-order valence-corrected chi connectivity index (χ0v) is 13.7. The van der Waals surface area contributed by atoms with Gasteiger partial charge in [0.2, 0.25) is 0 Å². The van der Waals surface area contributed by atoms with Crippen molar-refractivity contribution in [3.05, 3.63) is 59.7 Å². The van der Waals surface area contributed by atoms with Gasteiger partial charge >= 0.3 is 5.97 Å². The summed E-state index contributed by atoms with van der Waals surface area (Å²) in [5, 5.41) is 9.41. The molecule has 0 heterocycles. The van der Waals surface area contributed by atoms with Crippen molar-refractivity contribution in [2.45, 2.75) is 32.3 Å². The zero-order chi connectivity index (χ0) is 16.8. The number of aliphatic carboxylic acids is 1. The number of carboxylic acid groups (broad SMARTS) is 1. The van der Waals surface area contributed by atoms with Gasteiger partial charge in [0.25, 0.3) is 0 Å². The second-order valence-electron chi connectivity index (χ2n) is 5.72. The molecule has 0 aliphatic heterocycles. The number of carboxylic acids is 1. The minimum Gasteiger partial charge on any atom is -0.497 e. The molecule has 0 aromatic heterocycles. The van der Waals surface area contributed by atoms with Crippen LogP contribution in [0, 0.1) is 0 Å². The first-order chi connectivity index (χ1) is 11.0. The Kier molecular flexibility index (Phi) is 5.63. The molecule has 0 bridgehead atoms. The number of carbonyl (C=O) groups is 1. The van der Waals surface area contributed by atoms with Crippen LogP contribution in [0.4, 0.5) is 0 Å². The quantitative estimate of drug-likeness (QED) is 0.842. The molecular formula is C19H22O4. The first-order valence-corrected chi connectivity index (χ1v) is 7.62. The molecule has 0 fully saturated rings. The van der Waals surface area contributed by atoms with Crippen molar-refractivity contribution in [2.75, 3.05) is 7.11 Å². The van der Waals surface area contributed by atoms with E-state index in [9.17, 15) is 9.90 Å². The molecule has 0 radical (unpaired) electrons. The van der Waals surface area contributed by atoms with E-state index in [-0.39, 0.29) is 0 Å². The van der Waals surface area contributed by atoms with Crippen LogP contribution in [0.3, 0.4) is 0 Å². The Labute approximate surface area is 136 Å². The second-order valence-corrected chi connectivity index (χ2v) is 5.72. The Morgan fingerprint density at radius 1 is 1.09 bits per heavy atom. The van der Waals surface area contributed by atoms with Crippen LogP contribution in [0.5, 0.6) is 11.5 Å². The molecule has 2 aromatic rings. The minimum atomic E-state index is -0.985. The van der Waals surface area contributed by atoms with E-state index in [2.05, 4.69) is 13.8 Å². The van der Waals surface area contributed by atoms with Crippen LogP contribution in [-0.2, 0) is 11.2 Å². The summed E-state index contributed by atoms with van der Waals surface area (Å²) in [6.07, 6.45) is -0.628. The highest BCUT2D eigenvalue weighted by Crippen LogP contribution is 2.22. The maximum absolute atomic E-state index is 11.5. The van der Waals surface area contributed by atoms with Crippen LogP contribution < -0.4 is 9.47 Å². The van der Waals surface area contributed by atoms with Crippen molar-refractivity contribution in [1.29, 1.82) is 0 Å². The third-order valence-electron chi connectivity index (χ3n) is 3.66. The third-order valence-corrected chi connectivity index (χ3v) is 3.66. The number of methoxy groups -OCH3 is 1. The summed E-state index contributed by atoms with van der Waals surface area (Å²) in [4.78, 5) is 11.5. The molecule has 0 unspecified atom stereocenters. The van der Waals surface area contributed by atoms with E-state index in [0.717, 1.165) is 5.56 Å². The molecule has 122 valence electrons. The van der Waals surface area contributed by atoms with Gasteiger partial charge in [0, 0.05) is 12.5 Å². The molecule has 4 nitrogen and oxygen atoms in total. The van der Waals surface area contributed by atoms with Gasteiger partial charge in [0.05, 0.1) is 7.11 Å². The van der Waals surface area contributed by atoms with Gasteiger partial charge < -0.3 is 14.6 Å². The largest absolute Gasteiger partial charge is 0.497 e. The number of hydrogen-bond donors (Lipinski definition) is 1. The molecular weight excluding hydrogens is 292 g/mol. The van der Waals surface area contributed by atoms with Crippen LogP contribution in [0.15, 0.2) is 48.5 Å². The highest BCUT2D eigenvalue weighted by Gasteiger charge is 2.20. The minimum absolute atomic E-state index is 0.310. The maximum Gasteiger partial charge on any atom is 0.345 e. The Morgan fingerprint density at radius 3 is 2.30 bits per heavy atom. The van der Waals surface area contributed by atoms with Crippen LogP contribution in [0.1, 0.15) is 30.9 Å².